The van der Waals surface area contributed by atoms with Crippen molar-refractivity contribution in [2.45, 2.75) is 39.7 Å². The molecule has 2 rings (SSSR count). The summed E-state index contributed by atoms with van der Waals surface area (Å²) < 4.78 is 5.19. The Bertz CT molecular complexity index is 376. The largest absolute Gasteiger partial charge is 0.385 e. The van der Waals surface area contributed by atoms with Crippen molar-refractivity contribution >= 4 is 0 Å². The van der Waals surface area contributed by atoms with Crippen LogP contribution in [0.1, 0.15) is 36.0 Å². The molecular weight excluding hydrogens is 222 g/mol. The van der Waals surface area contributed by atoms with Crippen molar-refractivity contribution in [3.05, 3.63) is 34.9 Å². The van der Waals surface area contributed by atoms with Gasteiger partial charge in [-0.05, 0) is 44.1 Å². The van der Waals surface area contributed by atoms with Crippen molar-refractivity contribution in [3.63, 3.8) is 0 Å². The van der Waals surface area contributed by atoms with Crippen molar-refractivity contribution in [1.82, 2.24) is 5.32 Å². The highest BCUT2D eigenvalue weighted by molar-refractivity contribution is 5.28. The van der Waals surface area contributed by atoms with Gasteiger partial charge in [0.2, 0.25) is 0 Å². The summed E-state index contributed by atoms with van der Waals surface area (Å²) in [4.78, 5) is 0. The summed E-state index contributed by atoms with van der Waals surface area (Å²) in [5.41, 5.74) is 4.64. The van der Waals surface area contributed by atoms with Gasteiger partial charge in [0, 0.05) is 26.8 Å². The van der Waals surface area contributed by atoms with Crippen molar-refractivity contribution in [2.75, 3.05) is 20.3 Å². The SMILES string of the molecule is COCCC1(CNCc2cc(C)cc(C)c2)CC1. The molecule has 0 atom stereocenters. The lowest BCUT2D eigenvalue weighted by atomic mass is 10.0. The second-order valence-electron chi connectivity index (χ2n) is 5.84. The summed E-state index contributed by atoms with van der Waals surface area (Å²) >= 11 is 0. The number of aryl methyl sites for hydroxylation is 2. The Morgan fingerprint density at radius 1 is 1.17 bits per heavy atom. The summed E-state index contributed by atoms with van der Waals surface area (Å²) in [5, 5.41) is 3.61. The molecule has 2 nitrogen and oxygen atoms in total. The number of benzene rings is 1. The van der Waals surface area contributed by atoms with Crippen molar-refractivity contribution < 1.29 is 4.74 Å². The van der Waals surface area contributed by atoms with E-state index >= 15 is 0 Å². The van der Waals surface area contributed by atoms with E-state index in [0.29, 0.717) is 5.41 Å². The minimum Gasteiger partial charge on any atom is -0.385 e. The third-order valence-corrected chi connectivity index (χ3v) is 3.90. The quantitative estimate of drug-likeness (QED) is 0.799. The van der Waals surface area contributed by atoms with Crippen LogP contribution in [-0.4, -0.2) is 20.3 Å². The number of hydrogen-bond donors (Lipinski definition) is 1. The third kappa shape index (κ3) is 3.82. The average Bonchev–Trinajstić information content (AvgIpc) is 3.06. The minimum absolute atomic E-state index is 0.537. The number of ether oxygens (including phenoxy) is 1. The van der Waals surface area contributed by atoms with Gasteiger partial charge in [-0.2, -0.15) is 0 Å². The van der Waals surface area contributed by atoms with E-state index in [1.807, 2.05) is 0 Å². The standard InChI is InChI=1S/C16H25NO/c1-13-8-14(2)10-15(9-13)11-17-12-16(4-5-16)6-7-18-3/h8-10,17H,4-7,11-12H2,1-3H3. The molecule has 1 saturated carbocycles. The predicted octanol–water partition coefficient (Wildman–Crippen LogP) is 3.21. The Morgan fingerprint density at radius 3 is 2.39 bits per heavy atom. The molecule has 1 N–H and O–H groups in total. The Kier molecular flexibility index (Phi) is 4.41. The molecule has 1 aliphatic rings. The van der Waals surface area contributed by atoms with Crippen molar-refractivity contribution in [1.29, 1.82) is 0 Å². The van der Waals surface area contributed by atoms with Gasteiger partial charge in [0.15, 0.2) is 0 Å². The van der Waals surface area contributed by atoms with Gasteiger partial charge in [-0.3, -0.25) is 0 Å². The van der Waals surface area contributed by atoms with E-state index in [1.165, 1.54) is 36.0 Å². The lowest BCUT2D eigenvalue weighted by molar-refractivity contribution is 0.171. The molecule has 0 aromatic heterocycles. The van der Waals surface area contributed by atoms with Crippen LogP contribution in [-0.2, 0) is 11.3 Å². The second kappa shape index (κ2) is 5.85. The molecule has 0 aliphatic heterocycles. The molecule has 0 unspecified atom stereocenters. The van der Waals surface area contributed by atoms with Crippen LogP contribution < -0.4 is 5.32 Å². The molecule has 0 amide bonds. The molecule has 0 bridgehead atoms. The highest BCUT2D eigenvalue weighted by Crippen LogP contribution is 2.48. The summed E-state index contributed by atoms with van der Waals surface area (Å²) in [6, 6.07) is 6.77. The molecule has 18 heavy (non-hydrogen) atoms. The molecule has 1 aliphatic carbocycles. The number of nitrogens with one attached hydrogen (secondary N) is 1. The van der Waals surface area contributed by atoms with E-state index in [2.05, 4.69) is 37.4 Å². The molecule has 0 spiro atoms. The second-order valence-corrected chi connectivity index (χ2v) is 5.84. The first-order chi connectivity index (χ1) is 8.63. The van der Waals surface area contributed by atoms with E-state index in [0.717, 1.165) is 19.7 Å². The van der Waals surface area contributed by atoms with Gasteiger partial charge in [0.05, 0.1) is 0 Å². The van der Waals surface area contributed by atoms with Crippen LogP contribution >= 0.6 is 0 Å². The van der Waals surface area contributed by atoms with Crippen LogP contribution in [0.5, 0.6) is 0 Å². The Balaban J connectivity index is 1.78. The highest BCUT2D eigenvalue weighted by Gasteiger charge is 2.41. The van der Waals surface area contributed by atoms with Crippen molar-refractivity contribution in [2.24, 2.45) is 5.41 Å². The normalized spacial score (nSPS) is 16.8. The number of methoxy groups -OCH3 is 1. The maximum Gasteiger partial charge on any atom is 0.0468 e. The lowest BCUT2D eigenvalue weighted by Gasteiger charge is -2.15. The van der Waals surface area contributed by atoms with E-state index in [9.17, 15) is 0 Å². The van der Waals surface area contributed by atoms with Crippen LogP contribution in [0.3, 0.4) is 0 Å². The van der Waals surface area contributed by atoms with E-state index in [4.69, 9.17) is 4.74 Å². The van der Waals surface area contributed by atoms with Crippen LogP contribution in [0, 0.1) is 19.3 Å². The number of hydrogen-bond acceptors (Lipinski definition) is 2. The first kappa shape index (κ1) is 13.6. The molecule has 0 heterocycles. The van der Waals surface area contributed by atoms with Crippen LogP contribution in [0.4, 0.5) is 0 Å². The van der Waals surface area contributed by atoms with E-state index < -0.39 is 0 Å². The molecular formula is C16H25NO. The summed E-state index contributed by atoms with van der Waals surface area (Å²) in [5.74, 6) is 0. The topological polar surface area (TPSA) is 21.3 Å². The first-order valence-corrected chi connectivity index (χ1v) is 6.90. The summed E-state index contributed by atoms with van der Waals surface area (Å²) in [6.45, 7) is 7.33. The van der Waals surface area contributed by atoms with Crippen LogP contribution in [0.15, 0.2) is 18.2 Å². The monoisotopic (exact) mass is 247 g/mol. The zero-order valence-electron chi connectivity index (χ0n) is 11.9. The van der Waals surface area contributed by atoms with E-state index in [1.54, 1.807) is 7.11 Å². The summed E-state index contributed by atoms with van der Waals surface area (Å²) in [6.07, 6.45) is 3.91. The van der Waals surface area contributed by atoms with Gasteiger partial charge >= 0.3 is 0 Å². The Labute approximate surface area is 111 Å². The fourth-order valence-electron chi connectivity index (χ4n) is 2.65. The fourth-order valence-corrected chi connectivity index (χ4v) is 2.65. The maximum absolute atomic E-state index is 5.19. The summed E-state index contributed by atoms with van der Waals surface area (Å²) in [7, 11) is 1.79. The molecule has 100 valence electrons. The van der Waals surface area contributed by atoms with Gasteiger partial charge in [0.1, 0.15) is 0 Å². The van der Waals surface area contributed by atoms with Crippen LogP contribution in [0.2, 0.25) is 0 Å². The molecule has 1 fully saturated rings. The third-order valence-electron chi connectivity index (χ3n) is 3.90. The molecule has 1 aromatic rings. The molecule has 2 heteroatoms. The van der Waals surface area contributed by atoms with Gasteiger partial charge in [-0.15, -0.1) is 0 Å². The smallest absolute Gasteiger partial charge is 0.0468 e. The zero-order chi connectivity index (χ0) is 13.0. The number of rotatable bonds is 7. The Hall–Kier alpha value is -0.860. The highest BCUT2D eigenvalue weighted by atomic mass is 16.5. The van der Waals surface area contributed by atoms with E-state index in [-0.39, 0.29) is 0 Å². The fraction of sp³-hybridized carbons (Fsp3) is 0.625. The van der Waals surface area contributed by atoms with Gasteiger partial charge in [0.25, 0.3) is 0 Å². The zero-order valence-corrected chi connectivity index (χ0v) is 11.9. The first-order valence-electron chi connectivity index (χ1n) is 6.90. The maximum atomic E-state index is 5.19. The molecule has 0 radical (unpaired) electrons. The molecule has 0 saturated heterocycles. The average molecular weight is 247 g/mol. The molecule has 1 aromatic carbocycles. The van der Waals surface area contributed by atoms with Crippen molar-refractivity contribution in [3.8, 4) is 0 Å². The minimum atomic E-state index is 0.537. The van der Waals surface area contributed by atoms with Gasteiger partial charge < -0.3 is 10.1 Å². The predicted molar refractivity (Wildman–Crippen MR) is 75.8 cm³/mol. The van der Waals surface area contributed by atoms with Gasteiger partial charge in [-0.1, -0.05) is 29.3 Å². The lowest BCUT2D eigenvalue weighted by Crippen LogP contribution is -2.24. The Morgan fingerprint density at radius 2 is 1.83 bits per heavy atom. The van der Waals surface area contributed by atoms with Gasteiger partial charge in [-0.25, -0.2) is 0 Å². The van der Waals surface area contributed by atoms with Crippen LogP contribution in [0.25, 0.3) is 0 Å².